The highest BCUT2D eigenvalue weighted by atomic mass is 35.5. The van der Waals surface area contributed by atoms with Crippen LogP contribution in [0.3, 0.4) is 0 Å². The molecule has 1 aromatic carbocycles. The zero-order valence-corrected chi connectivity index (χ0v) is 14.4. The number of halogens is 2. The Morgan fingerprint density at radius 2 is 1.96 bits per heavy atom. The number of benzene rings is 1. The topological polar surface area (TPSA) is 55.6 Å². The molecule has 1 heterocycles. The molecule has 130 valence electrons. The minimum absolute atomic E-state index is 0. The lowest BCUT2D eigenvalue weighted by atomic mass is 9.91. The van der Waals surface area contributed by atoms with Crippen molar-refractivity contribution in [2.75, 3.05) is 19.8 Å². The fraction of sp³-hybridized carbons (Fsp3) is 0.588. The number of amides is 1. The fourth-order valence-corrected chi connectivity index (χ4v) is 2.83. The molecular weight excluding hydrogens is 319 g/mol. The third kappa shape index (κ3) is 5.75. The number of hydrogen-bond donors (Lipinski definition) is 1. The minimum atomic E-state index is -0.476. The second kappa shape index (κ2) is 9.85. The largest absolute Gasteiger partial charge is 0.381 e. The van der Waals surface area contributed by atoms with E-state index in [2.05, 4.69) is 0 Å². The van der Waals surface area contributed by atoms with E-state index in [1.165, 1.54) is 12.1 Å². The highest BCUT2D eigenvalue weighted by molar-refractivity contribution is 5.85. The Bertz CT molecular complexity index is 478. The van der Waals surface area contributed by atoms with Crippen LogP contribution in [0.4, 0.5) is 4.39 Å². The van der Waals surface area contributed by atoms with Gasteiger partial charge in [-0.3, -0.25) is 4.79 Å². The van der Waals surface area contributed by atoms with E-state index < -0.39 is 6.04 Å². The van der Waals surface area contributed by atoms with E-state index in [4.69, 9.17) is 10.5 Å². The quantitative estimate of drug-likeness (QED) is 0.863. The highest BCUT2D eigenvalue weighted by Gasteiger charge is 2.29. The Kier molecular flexibility index (Phi) is 8.52. The van der Waals surface area contributed by atoms with Crippen molar-refractivity contribution in [3.8, 4) is 0 Å². The second-order valence-electron chi connectivity index (χ2n) is 5.86. The number of nitrogens with two attached hydrogens (primary N) is 1. The van der Waals surface area contributed by atoms with Crippen LogP contribution in [0.1, 0.15) is 31.7 Å². The lowest BCUT2D eigenvalue weighted by Gasteiger charge is -2.31. The van der Waals surface area contributed by atoms with E-state index in [1.807, 2.05) is 6.92 Å². The summed E-state index contributed by atoms with van der Waals surface area (Å²) in [7, 11) is 0. The smallest absolute Gasteiger partial charge is 0.240 e. The van der Waals surface area contributed by atoms with Gasteiger partial charge in [0.1, 0.15) is 5.82 Å². The summed E-state index contributed by atoms with van der Waals surface area (Å²) in [6.45, 7) is 4.52. The van der Waals surface area contributed by atoms with E-state index >= 15 is 0 Å². The predicted octanol–water partition coefficient (Wildman–Crippen LogP) is 2.74. The highest BCUT2D eigenvalue weighted by Crippen LogP contribution is 2.20. The zero-order chi connectivity index (χ0) is 15.9. The fourth-order valence-electron chi connectivity index (χ4n) is 2.83. The molecule has 0 saturated carbocycles. The molecular formula is C17H26ClFN2O2. The molecule has 1 aromatic rings. The predicted molar refractivity (Wildman–Crippen MR) is 90.9 cm³/mol. The zero-order valence-electron chi connectivity index (χ0n) is 13.5. The first kappa shape index (κ1) is 19.9. The van der Waals surface area contributed by atoms with Gasteiger partial charge in [0.25, 0.3) is 0 Å². The lowest BCUT2D eigenvalue weighted by Crippen LogP contribution is -2.49. The molecule has 23 heavy (non-hydrogen) atoms. The van der Waals surface area contributed by atoms with E-state index in [-0.39, 0.29) is 30.0 Å². The van der Waals surface area contributed by atoms with Gasteiger partial charge < -0.3 is 15.4 Å². The van der Waals surface area contributed by atoms with Gasteiger partial charge >= 0.3 is 0 Å². The number of rotatable bonds is 6. The van der Waals surface area contributed by atoms with Gasteiger partial charge in [-0.05, 0) is 42.9 Å². The van der Waals surface area contributed by atoms with Gasteiger partial charge in [0, 0.05) is 26.3 Å². The monoisotopic (exact) mass is 344 g/mol. The van der Waals surface area contributed by atoms with Crippen molar-refractivity contribution in [1.29, 1.82) is 0 Å². The first-order valence-electron chi connectivity index (χ1n) is 7.98. The van der Waals surface area contributed by atoms with Crippen molar-refractivity contribution in [2.24, 2.45) is 11.7 Å². The Morgan fingerprint density at radius 1 is 1.35 bits per heavy atom. The number of carbonyl (C=O) groups excluding carboxylic acids is 1. The molecule has 0 aliphatic carbocycles. The molecule has 1 amide bonds. The van der Waals surface area contributed by atoms with Crippen LogP contribution in [0.15, 0.2) is 24.3 Å². The van der Waals surface area contributed by atoms with Crippen molar-refractivity contribution in [2.45, 2.75) is 38.8 Å². The summed E-state index contributed by atoms with van der Waals surface area (Å²) in [5.74, 6) is -0.0945. The van der Waals surface area contributed by atoms with E-state index in [0.717, 1.165) is 24.8 Å². The van der Waals surface area contributed by atoms with Crippen molar-refractivity contribution in [1.82, 2.24) is 4.90 Å². The molecule has 1 saturated heterocycles. The summed E-state index contributed by atoms with van der Waals surface area (Å²) in [5.41, 5.74) is 7.11. The molecule has 0 aromatic heterocycles. The van der Waals surface area contributed by atoms with E-state index in [1.54, 1.807) is 17.0 Å². The third-order valence-electron chi connectivity index (χ3n) is 4.15. The minimum Gasteiger partial charge on any atom is -0.381 e. The van der Waals surface area contributed by atoms with Crippen LogP contribution in [-0.4, -0.2) is 36.6 Å². The maximum Gasteiger partial charge on any atom is 0.240 e. The number of carbonyl (C=O) groups is 1. The molecule has 1 aliphatic heterocycles. The van der Waals surface area contributed by atoms with Gasteiger partial charge in [-0.15, -0.1) is 12.4 Å². The molecule has 4 nitrogen and oxygen atoms in total. The molecule has 6 heteroatoms. The first-order chi connectivity index (χ1) is 10.6. The average Bonchev–Trinajstić information content (AvgIpc) is 2.56. The molecule has 2 rings (SSSR count). The van der Waals surface area contributed by atoms with Gasteiger partial charge in [0.2, 0.25) is 5.91 Å². The van der Waals surface area contributed by atoms with Crippen LogP contribution >= 0.6 is 12.4 Å². The molecule has 1 fully saturated rings. The Labute approximate surface area is 143 Å². The summed E-state index contributed by atoms with van der Waals surface area (Å²) >= 11 is 0. The van der Waals surface area contributed by atoms with Crippen LogP contribution in [0, 0.1) is 11.7 Å². The summed E-state index contributed by atoms with van der Waals surface area (Å²) in [6, 6.07) is 5.79. The summed E-state index contributed by atoms with van der Waals surface area (Å²) in [5, 5.41) is 0. The standard InChI is InChI=1S/C17H25FN2O2.ClH/c1-2-9-20(12-13-3-5-15(18)6-4-13)17(21)16(19)14-7-10-22-11-8-14;/h3-6,14,16H,2,7-12,19H2,1H3;1H. The van der Waals surface area contributed by atoms with Crippen LogP contribution in [0.2, 0.25) is 0 Å². The molecule has 0 bridgehead atoms. The van der Waals surface area contributed by atoms with Crippen LogP contribution in [-0.2, 0) is 16.1 Å². The van der Waals surface area contributed by atoms with E-state index in [9.17, 15) is 9.18 Å². The molecule has 2 N–H and O–H groups in total. The van der Waals surface area contributed by atoms with Crippen molar-refractivity contribution < 1.29 is 13.9 Å². The third-order valence-corrected chi connectivity index (χ3v) is 4.15. The molecule has 1 aliphatic rings. The van der Waals surface area contributed by atoms with Crippen molar-refractivity contribution >= 4 is 18.3 Å². The van der Waals surface area contributed by atoms with Crippen LogP contribution in [0.25, 0.3) is 0 Å². The van der Waals surface area contributed by atoms with Gasteiger partial charge in [-0.25, -0.2) is 4.39 Å². The normalized spacial score (nSPS) is 16.5. The Balaban J connectivity index is 0.00000264. The number of ether oxygens (including phenoxy) is 1. The number of nitrogens with zero attached hydrogens (tertiary/aromatic N) is 1. The van der Waals surface area contributed by atoms with Crippen LogP contribution in [0.5, 0.6) is 0 Å². The summed E-state index contributed by atoms with van der Waals surface area (Å²) in [6.07, 6.45) is 2.54. The average molecular weight is 345 g/mol. The SMILES string of the molecule is CCCN(Cc1ccc(F)cc1)C(=O)C(N)C1CCOCC1.Cl. The second-order valence-corrected chi connectivity index (χ2v) is 5.86. The molecule has 0 radical (unpaired) electrons. The lowest BCUT2D eigenvalue weighted by molar-refractivity contribution is -0.135. The van der Waals surface area contributed by atoms with Gasteiger partial charge in [0.05, 0.1) is 6.04 Å². The Hall–Kier alpha value is -1.17. The maximum atomic E-state index is 13.0. The van der Waals surface area contributed by atoms with Crippen molar-refractivity contribution in [3.63, 3.8) is 0 Å². The van der Waals surface area contributed by atoms with Gasteiger partial charge in [-0.2, -0.15) is 0 Å². The van der Waals surface area contributed by atoms with Crippen LogP contribution < -0.4 is 5.73 Å². The maximum absolute atomic E-state index is 13.0. The molecule has 1 atom stereocenters. The molecule has 1 unspecified atom stereocenters. The Morgan fingerprint density at radius 3 is 2.52 bits per heavy atom. The van der Waals surface area contributed by atoms with Gasteiger partial charge in [-0.1, -0.05) is 19.1 Å². The summed E-state index contributed by atoms with van der Waals surface area (Å²) in [4.78, 5) is 14.5. The number of hydrogen-bond acceptors (Lipinski definition) is 3. The van der Waals surface area contributed by atoms with Gasteiger partial charge in [0.15, 0.2) is 0 Å². The summed E-state index contributed by atoms with van der Waals surface area (Å²) < 4.78 is 18.3. The first-order valence-corrected chi connectivity index (χ1v) is 7.98. The molecule has 0 spiro atoms. The van der Waals surface area contributed by atoms with Crippen molar-refractivity contribution in [3.05, 3.63) is 35.6 Å². The van der Waals surface area contributed by atoms with E-state index in [0.29, 0.717) is 26.3 Å².